The third-order valence-corrected chi connectivity index (χ3v) is 6.89. The first kappa shape index (κ1) is 22.1. The van der Waals surface area contributed by atoms with Gasteiger partial charge >= 0.3 is 0 Å². The van der Waals surface area contributed by atoms with E-state index in [9.17, 15) is 14.7 Å². The number of pyridine rings is 1. The Morgan fingerprint density at radius 1 is 1.09 bits per heavy atom. The summed E-state index contributed by atoms with van der Waals surface area (Å²) in [6, 6.07) is 18.9. The van der Waals surface area contributed by atoms with Crippen LogP contribution >= 0.6 is 0 Å². The summed E-state index contributed by atoms with van der Waals surface area (Å²) < 4.78 is 0. The first-order valence-corrected chi connectivity index (χ1v) is 11.5. The van der Waals surface area contributed by atoms with Gasteiger partial charge in [0.15, 0.2) is 0 Å². The molecule has 0 radical (unpaired) electrons. The smallest absolute Gasteiger partial charge is 0.272 e. The fourth-order valence-electron chi connectivity index (χ4n) is 5.17. The van der Waals surface area contributed by atoms with Crippen LogP contribution in [0, 0.1) is 5.92 Å². The second kappa shape index (κ2) is 8.91. The second-order valence-electron chi connectivity index (χ2n) is 9.12. The SMILES string of the molecule is CN(C)C(=O)c1ccc(-c2ccc3c(c2)[C@H]2[C@H](CCN2C(=O)c2ccccn2)[C@H](CO)N3)cc1. The van der Waals surface area contributed by atoms with Crippen LogP contribution in [0.3, 0.4) is 0 Å². The van der Waals surface area contributed by atoms with Gasteiger partial charge in [-0.05, 0) is 59.5 Å². The van der Waals surface area contributed by atoms with Crippen molar-refractivity contribution >= 4 is 17.5 Å². The molecule has 3 aromatic rings. The molecule has 3 atom stereocenters. The standard InChI is InChI=1S/C27H28N4O3/c1-30(2)26(33)18-8-6-17(7-9-18)19-10-11-22-21(15-19)25-20(24(16-32)29-22)12-14-31(25)27(34)23-5-3-4-13-28-23/h3-11,13,15,20,24-25,29,32H,12,14,16H2,1-2H3/t20-,24+,25-/m1/s1. The molecule has 1 fully saturated rings. The molecule has 2 aliphatic heterocycles. The quantitative estimate of drug-likeness (QED) is 0.628. The minimum absolute atomic E-state index is 0.00927. The van der Waals surface area contributed by atoms with Crippen LogP contribution in [0.2, 0.25) is 0 Å². The van der Waals surface area contributed by atoms with Gasteiger partial charge in [-0.25, -0.2) is 0 Å². The van der Waals surface area contributed by atoms with E-state index < -0.39 is 0 Å². The number of nitrogens with one attached hydrogen (secondary N) is 1. The lowest BCUT2D eigenvalue weighted by atomic mass is 9.82. The van der Waals surface area contributed by atoms with E-state index in [1.54, 1.807) is 37.3 Å². The van der Waals surface area contributed by atoms with Crippen molar-refractivity contribution < 1.29 is 14.7 Å². The van der Waals surface area contributed by atoms with Gasteiger partial charge in [-0.15, -0.1) is 0 Å². The normalized spacial score (nSPS) is 20.8. The first-order chi connectivity index (χ1) is 16.5. The van der Waals surface area contributed by atoms with Crippen molar-refractivity contribution in [1.82, 2.24) is 14.8 Å². The Labute approximate surface area is 199 Å². The van der Waals surface area contributed by atoms with Crippen molar-refractivity contribution in [3.05, 3.63) is 83.7 Å². The van der Waals surface area contributed by atoms with Crippen molar-refractivity contribution in [2.24, 2.45) is 5.92 Å². The first-order valence-electron chi connectivity index (χ1n) is 11.5. The Morgan fingerprint density at radius 3 is 2.53 bits per heavy atom. The Kier molecular flexibility index (Phi) is 5.79. The van der Waals surface area contributed by atoms with Gasteiger partial charge in [0, 0.05) is 44.0 Å². The summed E-state index contributed by atoms with van der Waals surface area (Å²) in [6.45, 7) is 0.628. The number of fused-ring (bicyclic) bond motifs is 3. The lowest BCUT2D eigenvalue weighted by molar-refractivity contribution is 0.0694. The maximum atomic E-state index is 13.4. The van der Waals surface area contributed by atoms with Gasteiger partial charge in [0.05, 0.1) is 18.7 Å². The Bertz CT molecular complexity index is 1210. The molecule has 2 N–H and O–H groups in total. The van der Waals surface area contributed by atoms with Crippen LogP contribution in [-0.2, 0) is 0 Å². The Balaban J connectivity index is 1.52. The number of aromatic nitrogens is 1. The predicted molar refractivity (Wildman–Crippen MR) is 131 cm³/mol. The van der Waals surface area contributed by atoms with E-state index in [0.717, 1.165) is 28.8 Å². The van der Waals surface area contributed by atoms with Crippen LogP contribution in [0.25, 0.3) is 11.1 Å². The highest BCUT2D eigenvalue weighted by molar-refractivity contribution is 5.94. The lowest BCUT2D eigenvalue weighted by Gasteiger charge is -2.39. The third-order valence-electron chi connectivity index (χ3n) is 6.89. The number of amides is 2. The van der Waals surface area contributed by atoms with E-state index in [1.807, 2.05) is 47.4 Å². The molecule has 2 amide bonds. The van der Waals surface area contributed by atoms with Crippen LogP contribution < -0.4 is 5.32 Å². The van der Waals surface area contributed by atoms with Crippen molar-refractivity contribution in [2.45, 2.75) is 18.5 Å². The molecule has 174 valence electrons. The number of benzene rings is 2. The summed E-state index contributed by atoms with van der Waals surface area (Å²) >= 11 is 0. The minimum Gasteiger partial charge on any atom is -0.394 e. The van der Waals surface area contributed by atoms with E-state index in [4.69, 9.17) is 0 Å². The van der Waals surface area contributed by atoms with Gasteiger partial charge < -0.3 is 20.2 Å². The molecule has 1 aromatic heterocycles. The maximum absolute atomic E-state index is 13.4. The summed E-state index contributed by atoms with van der Waals surface area (Å²) in [5.74, 6) is -0.0104. The number of carbonyl (C=O) groups excluding carboxylic acids is 2. The van der Waals surface area contributed by atoms with E-state index in [1.165, 1.54) is 0 Å². The average Bonchev–Trinajstić information content (AvgIpc) is 3.33. The molecule has 34 heavy (non-hydrogen) atoms. The number of hydrogen-bond donors (Lipinski definition) is 2. The molecule has 0 bridgehead atoms. The number of aliphatic hydroxyl groups excluding tert-OH is 1. The van der Waals surface area contributed by atoms with Crippen LogP contribution in [0.5, 0.6) is 0 Å². The van der Waals surface area contributed by atoms with Crippen LogP contribution in [0.15, 0.2) is 66.9 Å². The van der Waals surface area contributed by atoms with Crippen molar-refractivity contribution in [1.29, 1.82) is 0 Å². The minimum atomic E-state index is -0.141. The third kappa shape index (κ3) is 3.82. The monoisotopic (exact) mass is 456 g/mol. The number of nitrogens with zero attached hydrogens (tertiary/aromatic N) is 3. The van der Waals surface area contributed by atoms with E-state index in [-0.39, 0.29) is 36.4 Å². The van der Waals surface area contributed by atoms with Crippen LogP contribution in [0.1, 0.15) is 38.9 Å². The molecule has 5 rings (SSSR count). The second-order valence-corrected chi connectivity index (χ2v) is 9.12. The molecular formula is C27H28N4O3. The summed E-state index contributed by atoms with van der Waals surface area (Å²) in [6.07, 6.45) is 2.45. The fraction of sp³-hybridized carbons (Fsp3) is 0.296. The van der Waals surface area contributed by atoms with Gasteiger partial charge in [0.1, 0.15) is 5.69 Å². The topological polar surface area (TPSA) is 85.8 Å². The fourth-order valence-corrected chi connectivity index (χ4v) is 5.17. The molecule has 7 nitrogen and oxygen atoms in total. The number of aliphatic hydroxyl groups is 1. The number of carbonyl (C=O) groups is 2. The van der Waals surface area contributed by atoms with Gasteiger partial charge in [0.25, 0.3) is 11.8 Å². The van der Waals surface area contributed by atoms with Gasteiger partial charge in [-0.2, -0.15) is 0 Å². The lowest BCUT2D eigenvalue weighted by Crippen LogP contribution is -2.43. The summed E-state index contributed by atoms with van der Waals surface area (Å²) in [4.78, 5) is 33.3. The molecule has 7 heteroatoms. The van der Waals surface area contributed by atoms with Crippen LogP contribution in [-0.4, -0.2) is 65.0 Å². The largest absolute Gasteiger partial charge is 0.394 e. The molecule has 0 saturated carbocycles. The van der Waals surface area contributed by atoms with Crippen molar-refractivity contribution in [2.75, 3.05) is 32.6 Å². The van der Waals surface area contributed by atoms with Crippen LogP contribution in [0.4, 0.5) is 5.69 Å². The number of rotatable bonds is 4. The number of likely N-dealkylation sites (tertiary alicyclic amines) is 1. The number of anilines is 1. The highest BCUT2D eigenvalue weighted by Gasteiger charge is 2.46. The van der Waals surface area contributed by atoms with Gasteiger partial charge in [0.2, 0.25) is 0 Å². The van der Waals surface area contributed by atoms with Gasteiger partial charge in [-0.3, -0.25) is 14.6 Å². The van der Waals surface area contributed by atoms with E-state index in [0.29, 0.717) is 17.8 Å². The summed E-state index contributed by atoms with van der Waals surface area (Å²) in [5.41, 5.74) is 5.07. The van der Waals surface area contributed by atoms with Gasteiger partial charge in [-0.1, -0.05) is 24.3 Å². The molecule has 2 aliphatic rings. The number of hydrogen-bond acceptors (Lipinski definition) is 5. The molecule has 1 saturated heterocycles. The molecule has 3 heterocycles. The maximum Gasteiger partial charge on any atom is 0.272 e. The predicted octanol–water partition coefficient (Wildman–Crippen LogP) is 3.44. The summed E-state index contributed by atoms with van der Waals surface area (Å²) in [5, 5.41) is 13.5. The van der Waals surface area contributed by atoms with Crippen molar-refractivity contribution in [3.8, 4) is 11.1 Å². The zero-order valence-corrected chi connectivity index (χ0v) is 19.3. The molecule has 0 spiro atoms. The molecule has 0 aliphatic carbocycles. The van der Waals surface area contributed by atoms with E-state index >= 15 is 0 Å². The zero-order valence-electron chi connectivity index (χ0n) is 19.3. The molecule has 2 aromatic carbocycles. The molecule has 0 unspecified atom stereocenters. The highest BCUT2D eigenvalue weighted by atomic mass is 16.3. The summed E-state index contributed by atoms with van der Waals surface area (Å²) in [7, 11) is 3.48. The average molecular weight is 457 g/mol. The van der Waals surface area contributed by atoms with E-state index in [2.05, 4.69) is 16.4 Å². The zero-order chi connectivity index (χ0) is 23.8. The molecular weight excluding hydrogens is 428 g/mol. The van der Waals surface area contributed by atoms with Crippen molar-refractivity contribution in [3.63, 3.8) is 0 Å². The Morgan fingerprint density at radius 2 is 1.85 bits per heavy atom. The highest BCUT2D eigenvalue weighted by Crippen LogP contribution is 2.47. The Hall–Kier alpha value is -3.71.